The summed E-state index contributed by atoms with van der Waals surface area (Å²) in [4.78, 5) is 23.7. The summed E-state index contributed by atoms with van der Waals surface area (Å²) in [7, 11) is -4.15. The summed E-state index contributed by atoms with van der Waals surface area (Å²) in [6, 6.07) is 8.64. The predicted octanol–water partition coefficient (Wildman–Crippen LogP) is 3.48. The first-order valence-corrected chi connectivity index (χ1v) is 9.93. The summed E-state index contributed by atoms with van der Waals surface area (Å²) >= 11 is 5.98. The molecule has 27 heavy (non-hydrogen) atoms. The van der Waals surface area contributed by atoms with Crippen molar-refractivity contribution in [2.75, 3.05) is 16.2 Å². The Kier molecular flexibility index (Phi) is 5.07. The fourth-order valence-electron chi connectivity index (χ4n) is 2.89. The van der Waals surface area contributed by atoms with Gasteiger partial charge in [-0.1, -0.05) is 23.7 Å². The minimum absolute atomic E-state index is 0.0208. The summed E-state index contributed by atoms with van der Waals surface area (Å²) in [5.41, 5.74) is 0.456. The lowest BCUT2D eigenvalue weighted by Gasteiger charge is -2.20. The summed E-state index contributed by atoms with van der Waals surface area (Å²) in [5, 5.41) is 11.1. The van der Waals surface area contributed by atoms with Crippen LogP contribution in [0.1, 0.15) is 18.4 Å². The molecule has 1 amide bonds. The van der Waals surface area contributed by atoms with Crippen LogP contribution in [0.2, 0.25) is 5.02 Å². The molecule has 0 saturated carbocycles. The van der Waals surface area contributed by atoms with E-state index >= 15 is 0 Å². The molecule has 8 nitrogen and oxygen atoms in total. The van der Waals surface area contributed by atoms with Gasteiger partial charge in [-0.2, -0.15) is 0 Å². The van der Waals surface area contributed by atoms with E-state index in [1.54, 1.807) is 18.2 Å². The summed E-state index contributed by atoms with van der Waals surface area (Å²) < 4.78 is 28.0. The van der Waals surface area contributed by atoms with Crippen LogP contribution < -0.4 is 9.62 Å². The van der Waals surface area contributed by atoms with Gasteiger partial charge in [0, 0.05) is 24.6 Å². The third-order valence-corrected chi connectivity index (χ3v) is 6.05. The van der Waals surface area contributed by atoms with Gasteiger partial charge in [0.2, 0.25) is 5.91 Å². The van der Waals surface area contributed by atoms with Crippen molar-refractivity contribution < 1.29 is 18.1 Å². The van der Waals surface area contributed by atoms with E-state index in [1.165, 1.54) is 17.9 Å². The van der Waals surface area contributed by atoms with Gasteiger partial charge in [0.05, 0.1) is 26.2 Å². The minimum atomic E-state index is -4.15. The molecule has 1 aliphatic heterocycles. The van der Waals surface area contributed by atoms with E-state index in [9.17, 15) is 23.3 Å². The molecule has 2 aromatic rings. The Bertz CT molecular complexity index is 1040. The molecule has 1 aliphatic rings. The van der Waals surface area contributed by atoms with E-state index in [0.717, 1.165) is 12.1 Å². The maximum atomic E-state index is 12.8. The van der Waals surface area contributed by atoms with E-state index in [-0.39, 0.29) is 32.8 Å². The molecule has 0 aromatic heterocycles. The molecule has 10 heteroatoms. The number of hydrogen-bond acceptors (Lipinski definition) is 5. The third-order valence-electron chi connectivity index (χ3n) is 4.31. The number of rotatable bonds is 5. The predicted molar refractivity (Wildman–Crippen MR) is 102 cm³/mol. The van der Waals surface area contributed by atoms with Gasteiger partial charge in [-0.3, -0.25) is 19.6 Å². The van der Waals surface area contributed by atoms with E-state index in [2.05, 4.69) is 4.72 Å². The van der Waals surface area contributed by atoms with Crippen molar-refractivity contribution in [2.24, 2.45) is 0 Å². The van der Waals surface area contributed by atoms with Crippen LogP contribution in [-0.4, -0.2) is 25.8 Å². The quantitative estimate of drug-likeness (QED) is 0.600. The number of para-hydroxylation sites is 2. The maximum absolute atomic E-state index is 12.8. The summed E-state index contributed by atoms with van der Waals surface area (Å²) in [6.45, 7) is 1.94. The number of anilines is 2. The van der Waals surface area contributed by atoms with Crippen LogP contribution >= 0.6 is 11.6 Å². The van der Waals surface area contributed by atoms with Gasteiger partial charge in [0.15, 0.2) is 0 Å². The van der Waals surface area contributed by atoms with Crippen molar-refractivity contribution in [1.82, 2.24) is 0 Å². The Morgan fingerprint density at radius 3 is 2.59 bits per heavy atom. The number of carbonyl (C=O) groups excluding carboxylic acids is 1. The van der Waals surface area contributed by atoms with Gasteiger partial charge in [-0.15, -0.1) is 0 Å². The molecule has 1 heterocycles. The fourth-order valence-corrected chi connectivity index (χ4v) is 4.29. The molecule has 0 radical (unpaired) electrons. The first-order chi connectivity index (χ1) is 12.7. The van der Waals surface area contributed by atoms with E-state index in [1.807, 2.05) is 0 Å². The lowest BCUT2D eigenvalue weighted by molar-refractivity contribution is -0.385. The molecule has 142 valence electrons. The van der Waals surface area contributed by atoms with E-state index in [0.29, 0.717) is 25.1 Å². The highest BCUT2D eigenvalue weighted by atomic mass is 35.5. The third kappa shape index (κ3) is 3.74. The Balaban J connectivity index is 2.02. The normalized spacial score (nSPS) is 14.4. The Hall–Kier alpha value is -2.65. The topological polar surface area (TPSA) is 110 Å². The number of hydrogen-bond donors (Lipinski definition) is 1. The average Bonchev–Trinajstić information content (AvgIpc) is 3.02. The van der Waals surface area contributed by atoms with Gasteiger partial charge >= 0.3 is 0 Å². The van der Waals surface area contributed by atoms with Gasteiger partial charge < -0.3 is 4.90 Å². The number of nitrogens with one attached hydrogen (secondary N) is 1. The molecule has 0 unspecified atom stereocenters. The molecule has 2 aromatic carbocycles. The second-order valence-corrected chi connectivity index (χ2v) is 8.17. The van der Waals surface area contributed by atoms with Crippen molar-refractivity contribution in [2.45, 2.75) is 24.7 Å². The van der Waals surface area contributed by atoms with Crippen LogP contribution in [0.25, 0.3) is 0 Å². The van der Waals surface area contributed by atoms with Gasteiger partial charge in [-0.05, 0) is 31.5 Å². The van der Waals surface area contributed by atoms with E-state index in [4.69, 9.17) is 11.6 Å². The molecule has 0 atom stereocenters. The van der Waals surface area contributed by atoms with Crippen LogP contribution in [0.3, 0.4) is 0 Å². The van der Waals surface area contributed by atoms with Gasteiger partial charge in [0.25, 0.3) is 15.7 Å². The molecule has 0 bridgehead atoms. The largest absolute Gasteiger partial charge is 0.310 e. The van der Waals surface area contributed by atoms with Crippen LogP contribution in [0.4, 0.5) is 17.1 Å². The maximum Gasteiger partial charge on any atom is 0.275 e. The lowest BCUT2D eigenvalue weighted by Crippen LogP contribution is -2.25. The number of carbonyl (C=O) groups is 1. The van der Waals surface area contributed by atoms with Crippen molar-refractivity contribution in [3.8, 4) is 0 Å². The molecule has 1 saturated heterocycles. The SMILES string of the molecule is Cc1c(Cl)cc(S(=O)(=O)Nc2ccccc2N2CCCC2=O)cc1[N+](=O)[O-]. The number of nitrogens with zero attached hydrogens (tertiary/aromatic N) is 2. The minimum Gasteiger partial charge on any atom is -0.310 e. The molecule has 1 fully saturated rings. The summed E-state index contributed by atoms with van der Waals surface area (Å²) in [5.74, 6) is -0.0873. The molecule has 3 rings (SSSR count). The lowest BCUT2D eigenvalue weighted by atomic mass is 10.2. The zero-order valence-electron chi connectivity index (χ0n) is 14.3. The van der Waals surface area contributed by atoms with Crippen LogP contribution in [-0.2, 0) is 14.8 Å². The number of nitro groups is 1. The van der Waals surface area contributed by atoms with Crippen molar-refractivity contribution >= 4 is 44.6 Å². The Morgan fingerprint density at radius 1 is 1.26 bits per heavy atom. The first kappa shape index (κ1) is 19.1. The number of halogens is 1. The second-order valence-electron chi connectivity index (χ2n) is 6.08. The number of sulfonamides is 1. The monoisotopic (exact) mass is 409 g/mol. The Labute approximate surface area is 160 Å². The van der Waals surface area contributed by atoms with Gasteiger partial charge in [0.1, 0.15) is 0 Å². The number of amides is 1. The molecular formula is C17H16ClN3O5S. The number of nitro benzene ring substituents is 1. The molecular weight excluding hydrogens is 394 g/mol. The highest BCUT2D eigenvalue weighted by Gasteiger charge is 2.27. The molecule has 0 aliphatic carbocycles. The zero-order chi connectivity index (χ0) is 19.8. The fraction of sp³-hybridized carbons (Fsp3) is 0.235. The highest BCUT2D eigenvalue weighted by molar-refractivity contribution is 7.92. The average molecular weight is 410 g/mol. The van der Waals surface area contributed by atoms with E-state index < -0.39 is 14.9 Å². The van der Waals surface area contributed by atoms with Crippen molar-refractivity contribution in [3.63, 3.8) is 0 Å². The Morgan fingerprint density at radius 2 is 1.96 bits per heavy atom. The number of benzene rings is 2. The summed E-state index contributed by atoms with van der Waals surface area (Å²) in [6.07, 6.45) is 1.10. The smallest absolute Gasteiger partial charge is 0.275 e. The highest BCUT2D eigenvalue weighted by Crippen LogP contribution is 2.33. The van der Waals surface area contributed by atoms with Gasteiger partial charge in [-0.25, -0.2) is 8.42 Å². The first-order valence-electron chi connectivity index (χ1n) is 8.07. The van der Waals surface area contributed by atoms with Crippen LogP contribution in [0.5, 0.6) is 0 Å². The van der Waals surface area contributed by atoms with Crippen molar-refractivity contribution in [3.05, 3.63) is 57.1 Å². The zero-order valence-corrected chi connectivity index (χ0v) is 15.9. The second kappa shape index (κ2) is 7.16. The molecule has 1 N–H and O–H groups in total. The molecule has 0 spiro atoms. The van der Waals surface area contributed by atoms with Crippen LogP contribution in [0.15, 0.2) is 41.3 Å². The van der Waals surface area contributed by atoms with Crippen molar-refractivity contribution in [1.29, 1.82) is 0 Å². The standard InChI is InChI=1S/C17H16ClN3O5S/c1-11-13(18)9-12(10-16(11)21(23)24)27(25,26)19-14-5-2-3-6-15(14)20-8-4-7-17(20)22/h2-3,5-6,9-10,19H,4,7-8H2,1H3. The van der Waals surface area contributed by atoms with Crippen LogP contribution in [0, 0.1) is 17.0 Å².